The van der Waals surface area contributed by atoms with Crippen molar-refractivity contribution in [3.63, 3.8) is 0 Å². The highest BCUT2D eigenvalue weighted by Crippen LogP contribution is 2.34. The monoisotopic (exact) mass is 400 g/mol. The first-order valence-electron chi connectivity index (χ1n) is 9.16. The second-order valence-electron chi connectivity index (χ2n) is 6.84. The number of amides is 1. The second kappa shape index (κ2) is 7.87. The number of carbonyl (C=O) groups excluding carboxylic acids is 1. The van der Waals surface area contributed by atoms with Crippen molar-refractivity contribution in [1.82, 2.24) is 9.88 Å². The molecule has 0 saturated carbocycles. The molecule has 0 radical (unpaired) electrons. The van der Waals surface area contributed by atoms with Gasteiger partial charge < -0.3 is 9.64 Å². The minimum atomic E-state index is -0.525. The first-order chi connectivity index (χ1) is 13.1. The van der Waals surface area contributed by atoms with Crippen LogP contribution in [0.1, 0.15) is 30.7 Å². The number of thiazole rings is 1. The maximum absolute atomic E-state index is 12.7. The molecule has 1 amide bonds. The summed E-state index contributed by atoms with van der Waals surface area (Å²) in [5.74, 6) is 1.07. The Bertz CT molecular complexity index is 917. The summed E-state index contributed by atoms with van der Waals surface area (Å²) in [6, 6.07) is 15.4. The van der Waals surface area contributed by atoms with E-state index in [9.17, 15) is 4.79 Å². The van der Waals surface area contributed by atoms with Crippen LogP contribution in [0, 0.1) is 0 Å². The number of ether oxygens (including phenoxy) is 1. The van der Waals surface area contributed by atoms with Gasteiger partial charge >= 0.3 is 0 Å². The average molecular weight is 401 g/mol. The number of hydrogen-bond acceptors (Lipinski definition) is 4. The highest BCUT2D eigenvalue weighted by molar-refractivity contribution is 7.18. The van der Waals surface area contributed by atoms with E-state index in [-0.39, 0.29) is 5.91 Å². The quantitative estimate of drug-likeness (QED) is 0.610. The molecule has 2 aromatic carbocycles. The van der Waals surface area contributed by atoms with E-state index in [4.69, 9.17) is 21.3 Å². The number of para-hydroxylation sites is 1. The molecule has 1 aliphatic heterocycles. The van der Waals surface area contributed by atoms with Gasteiger partial charge in [0.1, 0.15) is 5.75 Å². The van der Waals surface area contributed by atoms with Crippen molar-refractivity contribution in [2.24, 2.45) is 0 Å². The Hall–Kier alpha value is -2.11. The zero-order valence-corrected chi connectivity index (χ0v) is 16.7. The van der Waals surface area contributed by atoms with Crippen LogP contribution in [0.15, 0.2) is 48.5 Å². The van der Waals surface area contributed by atoms with Crippen LogP contribution in [0.4, 0.5) is 0 Å². The molecule has 0 N–H and O–H groups in total. The second-order valence-corrected chi connectivity index (χ2v) is 8.34. The zero-order chi connectivity index (χ0) is 18.8. The van der Waals surface area contributed by atoms with Gasteiger partial charge in [-0.05, 0) is 50.1 Å². The maximum Gasteiger partial charge on any atom is 0.263 e. The molecule has 0 spiro atoms. The Labute approximate surface area is 167 Å². The van der Waals surface area contributed by atoms with Gasteiger partial charge in [0.15, 0.2) is 6.10 Å². The fourth-order valence-corrected chi connectivity index (χ4v) is 4.78. The minimum absolute atomic E-state index is 0.0257. The first kappa shape index (κ1) is 18.3. The molecule has 1 aliphatic rings. The van der Waals surface area contributed by atoms with Crippen LogP contribution in [-0.4, -0.2) is 35.0 Å². The van der Waals surface area contributed by atoms with Gasteiger partial charge in [-0.2, -0.15) is 0 Å². The summed E-state index contributed by atoms with van der Waals surface area (Å²) in [6.45, 7) is 3.27. The van der Waals surface area contributed by atoms with Gasteiger partial charge in [-0.15, -0.1) is 11.3 Å². The van der Waals surface area contributed by atoms with Crippen LogP contribution in [0.25, 0.3) is 10.2 Å². The molecular weight excluding hydrogens is 380 g/mol. The maximum atomic E-state index is 12.7. The van der Waals surface area contributed by atoms with E-state index < -0.39 is 6.10 Å². The molecule has 4 nitrogen and oxygen atoms in total. The number of benzene rings is 2. The van der Waals surface area contributed by atoms with Crippen molar-refractivity contribution >= 4 is 39.1 Å². The topological polar surface area (TPSA) is 42.4 Å². The lowest BCUT2D eigenvalue weighted by molar-refractivity contribution is -0.139. The number of aromatic nitrogens is 1. The molecule has 3 aromatic rings. The van der Waals surface area contributed by atoms with Crippen molar-refractivity contribution in [2.45, 2.75) is 31.8 Å². The Kier molecular flexibility index (Phi) is 5.32. The van der Waals surface area contributed by atoms with E-state index in [0.29, 0.717) is 16.7 Å². The summed E-state index contributed by atoms with van der Waals surface area (Å²) in [7, 11) is 0. The number of hydrogen-bond donors (Lipinski definition) is 0. The summed E-state index contributed by atoms with van der Waals surface area (Å²) in [4.78, 5) is 19.4. The van der Waals surface area contributed by atoms with Gasteiger partial charge in [0.25, 0.3) is 5.91 Å². The number of rotatable bonds is 4. The van der Waals surface area contributed by atoms with Crippen LogP contribution in [0.5, 0.6) is 5.75 Å². The molecule has 0 aliphatic carbocycles. The molecule has 1 fully saturated rings. The molecule has 6 heteroatoms. The van der Waals surface area contributed by atoms with Gasteiger partial charge in [0, 0.05) is 24.0 Å². The lowest BCUT2D eigenvalue weighted by atomic mass is 9.97. The largest absolute Gasteiger partial charge is 0.481 e. The van der Waals surface area contributed by atoms with Gasteiger partial charge in [0.05, 0.1) is 15.2 Å². The smallest absolute Gasteiger partial charge is 0.263 e. The van der Waals surface area contributed by atoms with Crippen molar-refractivity contribution in [3.8, 4) is 5.75 Å². The summed E-state index contributed by atoms with van der Waals surface area (Å²) >= 11 is 7.75. The normalized spacial score (nSPS) is 16.4. The SMILES string of the molecule is CC(Oc1cccc(Cl)c1)C(=O)N1CCC(c2nc3ccccc3s2)CC1. The molecule has 0 bridgehead atoms. The van der Waals surface area contributed by atoms with E-state index in [2.05, 4.69) is 12.1 Å². The van der Waals surface area contributed by atoms with Crippen molar-refractivity contribution in [2.75, 3.05) is 13.1 Å². The molecule has 140 valence electrons. The molecular formula is C21H21ClN2O2S. The Morgan fingerprint density at radius 2 is 2.00 bits per heavy atom. The van der Waals surface area contributed by atoms with Gasteiger partial charge in [-0.1, -0.05) is 29.8 Å². The Morgan fingerprint density at radius 3 is 2.74 bits per heavy atom. The summed E-state index contributed by atoms with van der Waals surface area (Å²) in [6.07, 6.45) is 1.35. The fourth-order valence-electron chi connectivity index (χ4n) is 3.46. The lowest BCUT2D eigenvalue weighted by Gasteiger charge is -2.32. The number of nitrogens with zero attached hydrogens (tertiary/aromatic N) is 2. The standard InChI is InChI=1S/C21H21ClN2O2S/c1-14(26-17-6-4-5-16(22)13-17)21(25)24-11-9-15(10-12-24)20-23-18-7-2-3-8-19(18)27-20/h2-8,13-15H,9-12H2,1H3. The third kappa shape index (κ3) is 4.09. The van der Waals surface area contributed by atoms with Gasteiger partial charge in [-0.3, -0.25) is 4.79 Å². The van der Waals surface area contributed by atoms with Gasteiger partial charge in [0.2, 0.25) is 0 Å². The number of carbonyl (C=O) groups is 1. The third-order valence-corrected chi connectivity index (χ3v) is 6.36. The van der Waals surface area contributed by atoms with Crippen molar-refractivity contribution < 1.29 is 9.53 Å². The lowest BCUT2D eigenvalue weighted by Crippen LogP contribution is -2.44. The minimum Gasteiger partial charge on any atom is -0.481 e. The van der Waals surface area contributed by atoms with Crippen LogP contribution < -0.4 is 4.74 Å². The Balaban J connectivity index is 1.36. The predicted octanol–water partition coefficient (Wildman–Crippen LogP) is 5.12. The molecule has 27 heavy (non-hydrogen) atoms. The molecule has 1 aromatic heterocycles. The summed E-state index contributed by atoms with van der Waals surface area (Å²) in [5, 5.41) is 1.79. The van der Waals surface area contributed by atoms with Gasteiger partial charge in [-0.25, -0.2) is 4.98 Å². The number of halogens is 1. The van der Waals surface area contributed by atoms with Crippen LogP contribution >= 0.6 is 22.9 Å². The highest BCUT2D eigenvalue weighted by Gasteiger charge is 2.29. The molecule has 2 heterocycles. The van der Waals surface area contributed by atoms with Crippen LogP contribution in [0.3, 0.4) is 0 Å². The van der Waals surface area contributed by atoms with E-state index in [0.717, 1.165) is 31.4 Å². The van der Waals surface area contributed by atoms with Crippen LogP contribution in [0.2, 0.25) is 5.02 Å². The number of piperidine rings is 1. The van der Waals surface area contributed by atoms with E-state index in [1.807, 2.05) is 29.2 Å². The van der Waals surface area contributed by atoms with Crippen LogP contribution in [-0.2, 0) is 4.79 Å². The fraction of sp³-hybridized carbons (Fsp3) is 0.333. The summed E-state index contributed by atoms with van der Waals surface area (Å²) in [5.41, 5.74) is 1.07. The molecule has 1 unspecified atom stereocenters. The zero-order valence-electron chi connectivity index (χ0n) is 15.1. The first-order valence-corrected chi connectivity index (χ1v) is 10.4. The van der Waals surface area contributed by atoms with E-state index >= 15 is 0 Å². The number of likely N-dealkylation sites (tertiary alicyclic amines) is 1. The Morgan fingerprint density at radius 1 is 1.22 bits per heavy atom. The van der Waals surface area contributed by atoms with E-state index in [1.54, 1.807) is 30.4 Å². The van der Waals surface area contributed by atoms with E-state index in [1.165, 1.54) is 9.71 Å². The molecule has 1 atom stereocenters. The summed E-state index contributed by atoms with van der Waals surface area (Å²) < 4.78 is 7.01. The highest BCUT2D eigenvalue weighted by atomic mass is 35.5. The van der Waals surface area contributed by atoms with Crippen molar-refractivity contribution in [1.29, 1.82) is 0 Å². The third-order valence-electron chi connectivity index (χ3n) is 4.92. The molecule has 4 rings (SSSR count). The average Bonchev–Trinajstić information content (AvgIpc) is 3.12. The predicted molar refractivity (Wildman–Crippen MR) is 110 cm³/mol. The number of fused-ring (bicyclic) bond motifs is 1. The van der Waals surface area contributed by atoms with Crippen molar-refractivity contribution in [3.05, 3.63) is 58.6 Å². The molecule has 1 saturated heterocycles.